The Labute approximate surface area is 133 Å². The van der Waals surface area contributed by atoms with Crippen LogP contribution < -0.4 is 4.74 Å². The summed E-state index contributed by atoms with van der Waals surface area (Å²) in [7, 11) is 11.9. The van der Waals surface area contributed by atoms with Gasteiger partial charge in [-0.2, -0.15) is 0 Å². The molecule has 2 aromatic rings. The van der Waals surface area contributed by atoms with Gasteiger partial charge in [0, 0.05) is 0 Å². The fourth-order valence-electron chi connectivity index (χ4n) is 1.79. The van der Waals surface area contributed by atoms with E-state index in [2.05, 4.69) is 26.0 Å². The predicted octanol–water partition coefficient (Wildman–Crippen LogP) is 5.68. The summed E-state index contributed by atoms with van der Waals surface area (Å²) in [6.07, 6.45) is 0. The topological polar surface area (TPSA) is 9.23 Å². The summed E-state index contributed by atoms with van der Waals surface area (Å²) < 4.78 is 7.81. The second kappa shape index (κ2) is 7.36. The summed E-state index contributed by atoms with van der Waals surface area (Å²) in [5, 5.41) is 0. The average Bonchev–Trinajstić information content (AvgIpc) is 2.41. The molecule has 0 aromatic heterocycles. The number of rotatable bonds is 4. The zero-order valence-corrected chi connectivity index (χ0v) is 14.5. The van der Waals surface area contributed by atoms with Crippen molar-refractivity contribution in [1.82, 2.24) is 0 Å². The molecule has 2 aromatic carbocycles. The molecule has 0 aliphatic carbocycles. The van der Waals surface area contributed by atoms with Crippen molar-refractivity contribution in [2.24, 2.45) is 0 Å². The Morgan fingerprint density at radius 3 is 2.25 bits per heavy atom. The van der Waals surface area contributed by atoms with Gasteiger partial charge < -0.3 is 0 Å². The Balaban J connectivity index is 2.24. The zero-order chi connectivity index (χ0) is 14.5. The Morgan fingerprint density at radius 2 is 1.65 bits per heavy atom. The van der Waals surface area contributed by atoms with Crippen LogP contribution in [0.15, 0.2) is 48.5 Å². The van der Waals surface area contributed by atoms with Crippen LogP contribution in [0.1, 0.15) is 30.9 Å². The quantitative estimate of drug-likeness (QED) is 0.605. The Kier molecular flexibility index (Phi) is 5.78. The number of para-hydroxylation sites is 1. The van der Waals surface area contributed by atoms with E-state index in [1.54, 1.807) is 0 Å². The Bertz CT molecular complexity index is 602. The van der Waals surface area contributed by atoms with Crippen LogP contribution in [0, 0.1) is 0 Å². The first-order valence-electron chi connectivity index (χ1n) is 6.26. The van der Waals surface area contributed by atoms with Crippen LogP contribution in [0.4, 0.5) is 0 Å². The van der Waals surface area contributed by atoms with E-state index >= 15 is 0 Å². The number of halogens is 2. The molecule has 2 rings (SSSR count). The van der Waals surface area contributed by atoms with Gasteiger partial charge in [0.05, 0.1) is 0 Å². The van der Waals surface area contributed by atoms with Crippen LogP contribution in [0.5, 0.6) is 11.5 Å². The van der Waals surface area contributed by atoms with Crippen LogP contribution in [0.25, 0.3) is 0 Å². The summed E-state index contributed by atoms with van der Waals surface area (Å²) >= 11 is -1.86. The Morgan fingerprint density at radius 1 is 1.00 bits per heavy atom. The van der Waals surface area contributed by atoms with Gasteiger partial charge in [-0.05, 0) is 0 Å². The van der Waals surface area contributed by atoms with Gasteiger partial charge in [-0.15, -0.1) is 0 Å². The molecular weight excluding hydrogens is 380 g/mol. The molecule has 0 N–H and O–H groups in total. The molecule has 1 nitrogen and oxygen atoms in total. The third kappa shape index (κ3) is 4.41. The van der Waals surface area contributed by atoms with Gasteiger partial charge in [0.2, 0.25) is 0 Å². The standard InChI is InChI=1S/C16H16O.2ClH.Ru/c1-12(2)14-8-10-15(11-9-14)17-16-7-5-4-6-13(16)3;;;/h3-12H,1-2H3;2*1H;/q;;;+2/p-2. The van der Waals surface area contributed by atoms with Crippen LogP contribution in [0.3, 0.4) is 0 Å². The van der Waals surface area contributed by atoms with Crippen molar-refractivity contribution in [3.05, 3.63) is 59.7 Å². The third-order valence-corrected chi connectivity index (χ3v) is 4.71. The van der Waals surface area contributed by atoms with Crippen LogP contribution in [-0.2, 0) is 13.5 Å². The fourth-order valence-corrected chi connectivity index (χ4v) is 3.60. The normalized spacial score (nSPS) is 11.3. The molecule has 0 unspecified atom stereocenters. The summed E-state index contributed by atoms with van der Waals surface area (Å²) in [6, 6.07) is 15.9. The van der Waals surface area contributed by atoms with Crippen LogP contribution >= 0.6 is 19.4 Å². The van der Waals surface area contributed by atoms with Gasteiger partial charge in [0.15, 0.2) is 0 Å². The van der Waals surface area contributed by atoms with Crippen LogP contribution in [-0.4, -0.2) is 4.61 Å². The molecule has 0 atom stereocenters. The summed E-state index contributed by atoms with van der Waals surface area (Å²) in [4.78, 5) is 0. The average molecular weight is 396 g/mol. The van der Waals surface area contributed by atoms with Crippen molar-refractivity contribution in [2.45, 2.75) is 19.8 Å². The molecule has 0 saturated carbocycles. The number of benzene rings is 2. The molecule has 20 heavy (non-hydrogen) atoms. The molecule has 0 bridgehead atoms. The van der Waals surface area contributed by atoms with Gasteiger partial charge >= 0.3 is 133 Å². The van der Waals surface area contributed by atoms with Crippen LogP contribution in [0.2, 0.25) is 0 Å². The van der Waals surface area contributed by atoms with Crippen molar-refractivity contribution < 1.29 is 18.3 Å². The molecule has 0 aliphatic rings. The molecule has 0 saturated heterocycles. The number of hydrogen-bond donors (Lipinski definition) is 0. The van der Waals surface area contributed by atoms with E-state index in [0.29, 0.717) is 5.92 Å². The van der Waals surface area contributed by atoms with Crippen molar-refractivity contribution in [3.8, 4) is 11.5 Å². The van der Waals surface area contributed by atoms with E-state index < -0.39 is 13.5 Å². The first kappa shape index (κ1) is 15.7. The second-order valence-electron chi connectivity index (χ2n) is 4.67. The molecule has 4 heteroatoms. The van der Waals surface area contributed by atoms with Gasteiger partial charge in [-0.25, -0.2) is 0 Å². The molecule has 0 aliphatic heterocycles. The molecular formula is C16H16Cl2ORu. The van der Waals surface area contributed by atoms with Gasteiger partial charge in [0.1, 0.15) is 0 Å². The number of ether oxygens (including phenoxy) is 1. The Hall–Kier alpha value is -0.687. The predicted molar refractivity (Wildman–Crippen MR) is 83.9 cm³/mol. The maximum absolute atomic E-state index is 5.94. The number of hydrogen-bond acceptors (Lipinski definition) is 1. The van der Waals surface area contributed by atoms with E-state index in [1.165, 1.54) is 5.56 Å². The van der Waals surface area contributed by atoms with Crippen molar-refractivity contribution in [1.29, 1.82) is 0 Å². The fraction of sp³-hybridized carbons (Fsp3) is 0.188. The SMILES string of the molecule is CC(C)c1ccc(Oc2ccccc2[CH]=[Ru]([Cl])[Cl])cc1. The van der Waals surface area contributed by atoms with Crippen molar-refractivity contribution >= 4 is 24.0 Å². The maximum atomic E-state index is 5.94. The third-order valence-electron chi connectivity index (χ3n) is 2.88. The zero-order valence-electron chi connectivity index (χ0n) is 11.3. The summed E-state index contributed by atoms with van der Waals surface area (Å²) in [5.74, 6) is 2.12. The van der Waals surface area contributed by atoms with E-state index in [4.69, 9.17) is 24.1 Å². The minimum atomic E-state index is -1.86. The van der Waals surface area contributed by atoms with Crippen molar-refractivity contribution in [2.75, 3.05) is 0 Å². The second-order valence-corrected chi connectivity index (χ2v) is 10.4. The first-order valence-corrected chi connectivity index (χ1v) is 11.7. The van der Waals surface area contributed by atoms with E-state index in [1.807, 2.05) is 41.0 Å². The van der Waals surface area contributed by atoms with Crippen molar-refractivity contribution in [3.63, 3.8) is 0 Å². The molecule has 0 amide bonds. The van der Waals surface area contributed by atoms with E-state index in [0.717, 1.165) is 17.1 Å². The van der Waals surface area contributed by atoms with E-state index in [-0.39, 0.29) is 0 Å². The summed E-state index contributed by atoms with van der Waals surface area (Å²) in [6.45, 7) is 4.35. The monoisotopic (exact) mass is 396 g/mol. The first-order chi connectivity index (χ1) is 9.56. The minimum absolute atomic E-state index is 0.518. The molecule has 108 valence electrons. The molecule has 0 radical (unpaired) electrons. The molecule has 0 fully saturated rings. The summed E-state index contributed by atoms with van der Waals surface area (Å²) in [5.41, 5.74) is 2.25. The van der Waals surface area contributed by atoms with Gasteiger partial charge in [-0.3, -0.25) is 0 Å². The van der Waals surface area contributed by atoms with Gasteiger partial charge in [-0.1, -0.05) is 0 Å². The van der Waals surface area contributed by atoms with Gasteiger partial charge in [0.25, 0.3) is 0 Å². The molecule has 0 heterocycles. The van der Waals surface area contributed by atoms with E-state index in [9.17, 15) is 0 Å². The molecule has 0 spiro atoms.